The first kappa shape index (κ1) is 110. The number of benzene rings is 5. The van der Waals surface area contributed by atoms with Gasteiger partial charge in [0.15, 0.2) is 5.52 Å². The number of alkyl halides is 3. The van der Waals surface area contributed by atoms with Crippen LogP contribution in [0.3, 0.4) is 0 Å². The molecular weight excluding hydrogens is 1850 g/mol. The number of amides is 4. The number of amidine groups is 1. The Morgan fingerprint density at radius 1 is 0.460 bits per heavy atom. The Balaban J connectivity index is 0.000000211. The van der Waals surface area contributed by atoms with Crippen molar-refractivity contribution >= 4 is 130 Å². The van der Waals surface area contributed by atoms with Crippen LogP contribution in [-0.2, 0) is 49.4 Å². The molecule has 139 heavy (non-hydrogen) atoms. The van der Waals surface area contributed by atoms with Gasteiger partial charge in [0, 0.05) is 54.7 Å². The number of esters is 1. The molecular formula is C87H108ClF3N28O20. The molecule has 52 heteroatoms. The van der Waals surface area contributed by atoms with E-state index in [0.29, 0.717) is 43.6 Å². The summed E-state index contributed by atoms with van der Waals surface area (Å²) in [5, 5.41) is 70.2. The Bertz CT molecular complexity index is 6410. The number of para-hydroxylation sites is 1. The van der Waals surface area contributed by atoms with Gasteiger partial charge in [0.2, 0.25) is 5.65 Å². The zero-order valence-corrected chi connectivity index (χ0v) is 80.9. The quantitative estimate of drug-likeness (QED) is 0.0116. The number of oxime groups is 1. The first-order valence-electron chi connectivity index (χ1n) is 43.3. The summed E-state index contributed by atoms with van der Waals surface area (Å²) in [6, 6.07) is 34.7. The van der Waals surface area contributed by atoms with Crippen molar-refractivity contribution in [1.29, 1.82) is 0 Å². The standard InChI is InChI=1S/C10H10F3N3O.C10H11N3O2.C9H10ClN3O.C9H10N4O3.C9H10N4O2.C9H11N3O.C8H10N4O.C8H12N2O3.C8H13NO3.C7H11NO3/c1-6(2)17-16-9-5-7(10(11,12)13)3-4-8(9)14-15-16;1-7(2)15-13-10(14)8-5-3-4-6-9(8)11-12-13;1-6(2)14-13-9-5-7(10)3-4-8(9)11-12-13;1-6(2)16-12-9-5-7(13(14)15)3-4-8(9)10-11-12;1-6(2)15-13-9(14)8-7(11-12-13)4-3-5-10-8;1-7(2)13-12-9-6-4-3-5-8(9)10-11-12;1-6(2)13-12-8-7(10-11-12)4-3-5-9-8;1-5-12-8(11)7(9-4)10-13-6(2)3;1-5(2)12-9-7(10)4-6(3)8(9)11;1-5(2)11-8-6(9)3-4-7(8)10/h3-6H,1-2H3;3-7H,1-2H3;3-6H,1-2H3;3-6H,1-2H3;3-6H,1-2H3;3-7H,1-2H3;3-6H,1-2H3;6H,5H2,1-3H3;5-6H,4H2,1-3H3;5H,3-4H2,1-2H3/b;;;;;;;10-7+;;. The Labute approximate surface area is 796 Å². The summed E-state index contributed by atoms with van der Waals surface area (Å²) in [7, 11) is 0. The van der Waals surface area contributed by atoms with Gasteiger partial charge in [-0.1, -0.05) is 73.6 Å². The molecule has 2 aliphatic rings. The molecule has 4 amide bonds. The number of hydrogen-bond acceptors (Lipinski definition) is 37. The topological polar surface area (TPSA) is 528 Å². The second-order valence-electron chi connectivity index (χ2n) is 31.8. The molecule has 1 unspecified atom stereocenters. The Kier molecular flexibility index (Phi) is 42.0. The van der Waals surface area contributed by atoms with E-state index in [9.17, 15) is 56.8 Å². The van der Waals surface area contributed by atoms with E-state index in [0.717, 1.165) is 64.4 Å². The summed E-state index contributed by atoms with van der Waals surface area (Å²) in [6.07, 6.45) is -1.07. The van der Waals surface area contributed by atoms with Crippen molar-refractivity contribution in [2.75, 3.05) is 6.61 Å². The highest BCUT2D eigenvalue weighted by Crippen LogP contribution is 2.31. The molecule has 16 rings (SSSR count). The highest BCUT2D eigenvalue weighted by atomic mass is 35.5. The lowest BCUT2D eigenvalue weighted by atomic mass is 10.1. The van der Waals surface area contributed by atoms with Crippen LogP contribution < -0.4 is 45.0 Å². The number of aromatic nitrogens is 23. The number of hydrogen-bond donors (Lipinski definition) is 0. The number of ether oxygens (including phenoxy) is 1. The first-order valence-corrected chi connectivity index (χ1v) is 43.7. The zero-order valence-electron chi connectivity index (χ0n) is 80.2. The van der Waals surface area contributed by atoms with E-state index >= 15 is 0 Å². The van der Waals surface area contributed by atoms with Crippen molar-refractivity contribution in [2.24, 2.45) is 11.1 Å². The van der Waals surface area contributed by atoms with Crippen LogP contribution in [0.15, 0.2) is 155 Å². The van der Waals surface area contributed by atoms with Gasteiger partial charge in [0.1, 0.15) is 110 Å². The summed E-state index contributed by atoms with van der Waals surface area (Å²) < 4.78 is 42.1. The second kappa shape index (κ2) is 52.9. The van der Waals surface area contributed by atoms with E-state index in [1.54, 1.807) is 138 Å². The molecule has 48 nitrogen and oxygen atoms in total. The Morgan fingerprint density at radius 2 is 0.856 bits per heavy atom. The fraction of sp³-hybridized carbons (Fsp3) is 0.437. The smallest absolute Gasteiger partial charge is 0.416 e. The predicted octanol–water partition coefficient (Wildman–Crippen LogP) is 10.4. The summed E-state index contributed by atoms with van der Waals surface area (Å²) in [5.41, 5.74) is 6.17. The van der Waals surface area contributed by atoms with Crippen LogP contribution >= 0.6 is 11.6 Å². The van der Waals surface area contributed by atoms with E-state index in [1.807, 2.05) is 118 Å². The Hall–Kier alpha value is -15.8. The van der Waals surface area contributed by atoms with Gasteiger partial charge in [-0.05, 0) is 283 Å². The first-order chi connectivity index (χ1) is 65.8. The molecule has 1 atom stereocenters. The number of imide groups is 2. The molecule has 11 heterocycles. The van der Waals surface area contributed by atoms with Crippen LogP contribution in [0.1, 0.15) is 177 Å². The largest absolute Gasteiger partial charge is 0.470 e. The molecule has 0 N–H and O–H groups in total. The van der Waals surface area contributed by atoms with Gasteiger partial charge in [-0.25, -0.2) is 9.97 Å². The maximum atomic E-state index is 12.5. The van der Waals surface area contributed by atoms with Crippen LogP contribution in [0, 0.1) is 22.6 Å². The number of hydroxylamine groups is 4. The zero-order chi connectivity index (χ0) is 103. The van der Waals surface area contributed by atoms with E-state index in [-0.39, 0.29) is 145 Å². The molecule has 2 saturated heterocycles. The van der Waals surface area contributed by atoms with Crippen molar-refractivity contribution in [2.45, 2.75) is 239 Å². The Morgan fingerprint density at radius 3 is 1.35 bits per heavy atom. The number of rotatable bonds is 22. The maximum Gasteiger partial charge on any atom is 0.416 e. The number of fused-ring (bicyclic) bond motifs is 7. The lowest BCUT2D eigenvalue weighted by Gasteiger charge is -2.16. The van der Waals surface area contributed by atoms with Crippen LogP contribution in [0.5, 0.6) is 0 Å². The third-order valence-electron chi connectivity index (χ3n) is 16.2. The lowest BCUT2D eigenvalue weighted by molar-refractivity contribution is -0.384. The average Bonchev–Trinajstić information content (AvgIpc) is 1.67. The van der Waals surface area contributed by atoms with Crippen molar-refractivity contribution < 1.29 is 95.2 Å². The average molecular weight is 1960 g/mol. The highest BCUT2D eigenvalue weighted by Gasteiger charge is 2.38. The van der Waals surface area contributed by atoms with Gasteiger partial charge < -0.3 is 48.3 Å². The molecule has 0 bridgehead atoms. The number of halogens is 4. The lowest BCUT2D eigenvalue weighted by Crippen LogP contribution is -2.34. The molecule has 9 aromatic heterocycles. The molecule has 0 spiro atoms. The van der Waals surface area contributed by atoms with Gasteiger partial charge in [-0.15, -0.1) is 35.7 Å². The third kappa shape index (κ3) is 34.2. The van der Waals surface area contributed by atoms with Crippen molar-refractivity contribution in [3.05, 3.63) is 193 Å². The predicted molar refractivity (Wildman–Crippen MR) is 496 cm³/mol. The van der Waals surface area contributed by atoms with Gasteiger partial charge in [-0.2, -0.15) is 23.3 Å². The fourth-order valence-electron chi connectivity index (χ4n) is 10.7. The van der Waals surface area contributed by atoms with Crippen molar-refractivity contribution in [3.63, 3.8) is 0 Å². The minimum absolute atomic E-state index is 0.0107. The minimum atomic E-state index is -4.39. The molecule has 0 saturated carbocycles. The number of nitro benzene ring substituents is 1. The van der Waals surface area contributed by atoms with E-state index in [4.69, 9.17) is 66.5 Å². The van der Waals surface area contributed by atoms with Crippen LogP contribution in [0.2, 0.25) is 5.02 Å². The molecule has 0 aliphatic carbocycles. The number of carbonyl (C=O) groups excluding carboxylic acids is 5. The fourth-order valence-corrected chi connectivity index (χ4v) is 10.9. The molecule has 14 aromatic rings. The molecule has 2 fully saturated rings. The third-order valence-corrected chi connectivity index (χ3v) is 16.5. The van der Waals surface area contributed by atoms with Gasteiger partial charge in [0.25, 0.3) is 29.3 Å². The summed E-state index contributed by atoms with van der Waals surface area (Å²) in [6.45, 7) is 46.9. The number of non-ortho nitro benzene ring substituents is 1. The second-order valence-corrected chi connectivity index (χ2v) is 32.3. The van der Waals surface area contributed by atoms with E-state index in [2.05, 4.69) is 96.9 Å². The minimum Gasteiger partial charge on any atom is -0.470 e. The molecule has 2 aliphatic heterocycles. The summed E-state index contributed by atoms with van der Waals surface area (Å²) >= 11 is 5.86. The van der Waals surface area contributed by atoms with Crippen molar-refractivity contribution in [1.82, 2.24) is 126 Å². The summed E-state index contributed by atoms with van der Waals surface area (Å²) in [4.78, 5) is 160. The van der Waals surface area contributed by atoms with Gasteiger partial charge in [0.05, 0.1) is 39.8 Å². The maximum absolute atomic E-state index is 12.5. The van der Waals surface area contributed by atoms with Crippen LogP contribution in [0.4, 0.5) is 18.9 Å². The van der Waals surface area contributed by atoms with Crippen molar-refractivity contribution in [3.8, 4) is 0 Å². The highest BCUT2D eigenvalue weighted by molar-refractivity contribution is 6.39. The van der Waals surface area contributed by atoms with E-state index < -0.39 is 28.2 Å². The monoisotopic (exact) mass is 1960 g/mol. The number of carbonyl (C=O) groups is 5. The van der Waals surface area contributed by atoms with Crippen LogP contribution in [0.25, 0.3) is 82.1 Å². The number of nitrogens with zero attached hydrogens (tertiary/aromatic N) is 28. The molecule has 0 radical (unpaired) electrons. The number of nitro groups is 1. The van der Waals surface area contributed by atoms with E-state index in [1.165, 1.54) is 43.8 Å². The van der Waals surface area contributed by atoms with Gasteiger partial charge in [-0.3, -0.25) is 53.4 Å². The normalized spacial score (nSPS) is 12.9. The number of pyridine rings is 2. The summed E-state index contributed by atoms with van der Waals surface area (Å²) in [5.74, 6) is -2.28. The SMILES string of the molecule is CC(C)ON1C(=O)CC(C)C1=O.CC(C)ON1C(=O)CCC1=O.CC(C)On1nnc2ccc(C(F)(F)F)cc21.CC(C)On1nnc2ccc(Cl)cc21.CC(C)On1nnc2ccc([N+](=O)[O-])cc21.CC(C)On1nnc2ccccc21.CC(C)On1nnc2ccccc2c1=O.CC(C)On1nnc2cccnc21.CC(C)On1nnc2cccnc2c1=O.[C-]#[N+]/C(=N/OC(C)C)C(=O)OCC. The molecule has 744 valence electrons. The van der Waals surface area contributed by atoms with Gasteiger partial charge >= 0.3 is 29.1 Å². The van der Waals surface area contributed by atoms with Crippen LogP contribution in [-0.4, -0.2) is 234 Å². The molecule has 5 aromatic carbocycles.